The van der Waals surface area contributed by atoms with Crippen LogP contribution in [0, 0.1) is 17.1 Å². The van der Waals surface area contributed by atoms with Crippen molar-refractivity contribution >= 4 is 0 Å². The van der Waals surface area contributed by atoms with Crippen LogP contribution in [0.4, 0.5) is 4.39 Å². The lowest BCUT2D eigenvalue weighted by molar-refractivity contribution is 0.0884. The minimum atomic E-state index is -0.390. The quantitative estimate of drug-likeness (QED) is 0.886. The summed E-state index contributed by atoms with van der Waals surface area (Å²) in [5, 5.41) is 8.91. The molecule has 2 rings (SSSR count). The van der Waals surface area contributed by atoms with Crippen molar-refractivity contribution in [2.75, 3.05) is 13.1 Å². The number of benzene rings is 1. The minimum absolute atomic E-state index is 0.0397. The van der Waals surface area contributed by atoms with Crippen LogP contribution < -0.4 is 5.73 Å². The highest BCUT2D eigenvalue weighted by Gasteiger charge is 2.30. The normalized spacial score (nSPS) is 17.0. The van der Waals surface area contributed by atoms with Gasteiger partial charge >= 0.3 is 0 Å². The first-order valence-electron chi connectivity index (χ1n) is 6.83. The van der Waals surface area contributed by atoms with Crippen LogP contribution in [0.3, 0.4) is 0 Å². The molecule has 2 N–H and O–H groups in total. The van der Waals surface area contributed by atoms with E-state index in [1.165, 1.54) is 12.5 Å². The predicted octanol–water partition coefficient (Wildman–Crippen LogP) is 2.57. The van der Waals surface area contributed by atoms with E-state index in [9.17, 15) is 4.39 Å². The van der Waals surface area contributed by atoms with Crippen molar-refractivity contribution in [1.29, 1.82) is 5.26 Å². The Bertz CT molecular complexity index is 477. The number of hydrogen-bond acceptors (Lipinski definition) is 3. The molecule has 4 heteroatoms. The van der Waals surface area contributed by atoms with Crippen LogP contribution in [0.25, 0.3) is 0 Å². The topological polar surface area (TPSA) is 53.0 Å². The molecule has 0 heterocycles. The maximum atomic E-state index is 14.2. The molecule has 0 amide bonds. The summed E-state index contributed by atoms with van der Waals surface area (Å²) in [6, 6.07) is 7.39. The molecule has 0 spiro atoms. The van der Waals surface area contributed by atoms with Gasteiger partial charge in [-0.2, -0.15) is 5.26 Å². The van der Waals surface area contributed by atoms with E-state index in [2.05, 4.69) is 4.90 Å². The molecule has 1 saturated carbocycles. The molecule has 0 aliphatic heterocycles. The van der Waals surface area contributed by atoms with Crippen molar-refractivity contribution < 1.29 is 4.39 Å². The second-order valence-electron chi connectivity index (χ2n) is 5.11. The van der Waals surface area contributed by atoms with Crippen molar-refractivity contribution in [2.45, 2.75) is 38.3 Å². The Morgan fingerprint density at radius 1 is 1.53 bits per heavy atom. The summed E-state index contributed by atoms with van der Waals surface area (Å²) in [5.41, 5.74) is 6.38. The molecule has 0 bridgehead atoms. The summed E-state index contributed by atoms with van der Waals surface area (Å²) < 4.78 is 14.2. The molecule has 19 heavy (non-hydrogen) atoms. The molecule has 102 valence electrons. The molecule has 0 saturated heterocycles. The Balaban J connectivity index is 2.26. The highest BCUT2D eigenvalue weighted by atomic mass is 19.1. The summed E-state index contributed by atoms with van der Waals surface area (Å²) in [6.45, 7) is 3.33. The van der Waals surface area contributed by atoms with Gasteiger partial charge in [-0.25, -0.2) is 4.39 Å². The van der Waals surface area contributed by atoms with Gasteiger partial charge in [0.2, 0.25) is 0 Å². The van der Waals surface area contributed by atoms with Gasteiger partial charge in [0, 0.05) is 30.7 Å². The Morgan fingerprint density at radius 2 is 2.26 bits per heavy atom. The van der Waals surface area contributed by atoms with Crippen molar-refractivity contribution in [3.05, 3.63) is 35.1 Å². The average molecular weight is 261 g/mol. The van der Waals surface area contributed by atoms with Crippen LogP contribution in [0.15, 0.2) is 18.2 Å². The molecular weight excluding hydrogens is 241 g/mol. The maximum absolute atomic E-state index is 14.2. The molecule has 1 fully saturated rings. The number of nitriles is 1. The highest BCUT2D eigenvalue weighted by Crippen LogP contribution is 2.33. The van der Waals surface area contributed by atoms with Crippen LogP contribution in [-0.4, -0.2) is 24.0 Å². The van der Waals surface area contributed by atoms with Gasteiger partial charge in [0.05, 0.1) is 5.56 Å². The van der Waals surface area contributed by atoms with Gasteiger partial charge < -0.3 is 5.73 Å². The van der Waals surface area contributed by atoms with E-state index in [4.69, 9.17) is 11.0 Å². The first kappa shape index (κ1) is 14.0. The van der Waals surface area contributed by atoms with E-state index >= 15 is 0 Å². The number of nitrogens with two attached hydrogens (primary N) is 1. The minimum Gasteiger partial charge on any atom is -0.329 e. The average Bonchev–Trinajstić information content (AvgIpc) is 2.35. The largest absolute Gasteiger partial charge is 0.329 e. The predicted molar refractivity (Wildman–Crippen MR) is 72.9 cm³/mol. The van der Waals surface area contributed by atoms with E-state index in [1.54, 1.807) is 12.1 Å². The Hall–Kier alpha value is -1.44. The molecule has 1 unspecified atom stereocenters. The summed E-state index contributed by atoms with van der Waals surface area (Å²) in [4.78, 5) is 2.27. The first-order chi connectivity index (χ1) is 9.19. The van der Waals surface area contributed by atoms with Crippen molar-refractivity contribution in [1.82, 2.24) is 4.90 Å². The van der Waals surface area contributed by atoms with Gasteiger partial charge in [-0.1, -0.05) is 18.6 Å². The molecule has 1 aliphatic carbocycles. The summed E-state index contributed by atoms with van der Waals surface area (Å²) in [6.07, 6.45) is 3.55. The Kier molecular flexibility index (Phi) is 4.52. The zero-order valence-corrected chi connectivity index (χ0v) is 11.3. The maximum Gasteiger partial charge on any atom is 0.145 e. The van der Waals surface area contributed by atoms with Gasteiger partial charge in [0.15, 0.2) is 0 Å². The van der Waals surface area contributed by atoms with E-state index in [-0.39, 0.29) is 17.4 Å². The fourth-order valence-electron chi connectivity index (χ4n) is 2.70. The molecular formula is C15H20FN3. The number of hydrogen-bond donors (Lipinski definition) is 1. The summed E-state index contributed by atoms with van der Waals surface area (Å²) >= 11 is 0. The third-order valence-corrected chi connectivity index (χ3v) is 4.03. The molecule has 1 aromatic rings. The zero-order valence-electron chi connectivity index (χ0n) is 11.3. The molecule has 3 nitrogen and oxygen atoms in total. The molecule has 1 atom stereocenters. The van der Waals surface area contributed by atoms with Crippen LogP contribution in [-0.2, 0) is 0 Å². The zero-order chi connectivity index (χ0) is 13.8. The van der Waals surface area contributed by atoms with Crippen molar-refractivity contribution in [3.63, 3.8) is 0 Å². The van der Waals surface area contributed by atoms with Gasteiger partial charge in [0.1, 0.15) is 11.9 Å². The molecule has 1 aromatic carbocycles. The first-order valence-corrected chi connectivity index (χ1v) is 6.83. The second kappa shape index (κ2) is 6.14. The SMILES string of the molecule is CC(c1cccc(C#N)c1F)N(CCN)C1CCC1. The van der Waals surface area contributed by atoms with E-state index in [0.717, 1.165) is 19.4 Å². The Labute approximate surface area is 113 Å². The van der Waals surface area contributed by atoms with Gasteiger partial charge in [0.25, 0.3) is 0 Å². The summed E-state index contributed by atoms with van der Waals surface area (Å²) in [7, 11) is 0. The summed E-state index contributed by atoms with van der Waals surface area (Å²) in [5.74, 6) is -0.390. The van der Waals surface area contributed by atoms with Crippen LogP contribution in [0.1, 0.15) is 43.4 Å². The van der Waals surface area contributed by atoms with E-state index < -0.39 is 0 Å². The smallest absolute Gasteiger partial charge is 0.145 e. The van der Waals surface area contributed by atoms with Crippen molar-refractivity contribution in [3.8, 4) is 6.07 Å². The second-order valence-corrected chi connectivity index (χ2v) is 5.11. The van der Waals surface area contributed by atoms with Gasteiger partial charge in [-0.05, 0) is 25.8 Å². The number of nitrogens with zero attached hydrogens (tertiary/aromatic N) is 2. The van der Waals surface area contributed by atoms with Crippen LogP contribution >= 0.6 is 0 Å². The van der Waals surface area contributed by atoms with Gasteiger partial charge in [-0.15, -0.1) is 0 Å². The van der Waals surface area contributed by atoms with Crippen molar-refractivity contribution in [2.24, 2.45) is 5.73 Å². The monoisotopic (exact) mass is 261 g/mol. The Morgan fingerprint density at radius 3 is 2.79 bits per heavy atom. The number of halogens is 1. The number of rotatable bonds is 5. The lowest BCUT2D eigenvalue weighted by atomic mass is 9.89. The highest BCUT2D eigenvalue weighted by molar-refractivity contribution is 5.36. The third kappa shape index (κ3) is 2.78. The fraction of sp³-hybridized carbons (Fsp3) is 0.533. The van der Waals surface area contributed by atoms with Gasteiger partial charge in [-0.3, -0.25) is 4.90 Å². The third-order valence-electron chi connectivity index (χ3n) is 4.03. The standard InChI is InChI=1S/C15H20FN3/c1-11(19(9-8-17)13-5-3-6-13)14-7-2-4-12(10-18)15(14)16/h2,4,7,11,13H,3,5-6,8-9,17H2,1H3. The molecule has 0 aromatic heterocycles. The lowest BCUT2D eigenvalue weighted by Gasteiger charge is -2.41. The fourth-order valence-corrected chi connectivity index (χ4v) is 2.70. The van der Waals surface area contributed by atoms with E-state index in [1.807, 2.05) is 13.0 Å². The van der Waals surface area contributed by atoms with Crippen LogP contribution in [0.5, 0.6) is 0 Å². The lowest BCUT2D eigenvalue weighted by Crippen LogP contribution is -2.44. The molecule has 0 radical (unpaired) electrons. The van der Waals surface area contributed by atoms with E-state index in [0.29, 0.717) is 18.2 Å². The van der Waals surface area contributed by atoms with Crippen LogP contribution in [0.2, 0.25) is 0 Å². The molecule has 1 aliphatic rings.